The Labute approximate surface area is 104 Å². The van der Waals surface area contributed by atoms with Crippen molar-refractivity contribution in [1.82, 2.24) is 4.90 Å². The van der Waals surface area contributed by atoms with Gasteiger partial charge in [-0.15, -0.1) is 0 Å². The summed E-state index contributed by atoms with van der Waals surface area (Å²) in [5.41, 5.74) is 0.824. The van der Waals surface area contributed by atoms with Crippen LogP contribution in [0.25, 0.3) is 0 Å². The van der Waals surface area contributed by atoms with E-state index in [0.29, 0.717) is 6.04 Å². The molecule has 0 aromatic carbocycles. The second-order valence-corrected chi connectivity index (χ2v) is 5.44. The molecule has 0 radical (unpaired) electrons. The number of fused-ring (bicyclic) bond motifs is 2. The number of halogens is 1. The molecule has 1 saturated heterocycles. The van der Waals surface area contributed by atoms with Gasteiger partial charge in [0.25, 0.3) is 0 Å². The molecule has 16 heavy (non-hydrogen) atoms. The third-order valence-corrected chi connectivity index (χ3v) is 3.64. The topological polar surface area (TPSA) is 29.5 Å². The molecular weight excluding hydrogens is 270 g/mol. The fourth-order valence-corrected chi connectivity index (χ4v) is 2.99. The van der Waals surface area contributed by atoms with Gasteiger partial charge in [-0.1, -0.05) is 28.6 Å². The van der Waals surface area contributed by atoms with Crippen LogP contribution >= 0.6 is 15.9 Å². The monoisotopic (exact) mass is 285 g/mol. The predicted octanol–water partition coefficient (Wildman–Crippen LogP) is 2.23. The minimum absolute atomic E-state index is 0.185. The summed E-state index contributed by atoms with van der Waals surface area (Å²) in [5.74, 6) is -0.185. The molecule has 0 spiro atoms. The van der Waals surface area contributed by atoms with E-state index >= 15 is 0 Å². The lowest BCUT2D eigenvalue weighted by Crippen LogP contribution is -2.42. The number of esters is 1. The summed E-state index contributed by atoms with van der Waals surface area (Å²) in [4.78, 5) is 14.0. The second-order valence-electron chi connectivity index (χ2n) is 4.32. The van der Waals surface area contributed by atoms with Gasteiger partial charge in [-0.25, -0.2) is 4.79 Å². The van der Waals surface area contributed by atoms with Crippen LogP contribution in [-0.2, 0) is 9.53 Å². The highest BCUT2D eigenvalue weighted by molar-refractivity contribution is 9.11. The Hall–Kier alpha value is -0.610. The zero-order chi connectivity index (χ0) is 11.7. The van der Waals surface area contributed by atoms with Gasteiger partial charge in [-0.05, 0) is 19.3 Å². The molecule has 0 aromatic heterocycles. The lowest BCUT2D eigenvalue weighted by Gasteiger charge is -2.33. The van der Waals surface area contributed by atoms with Crippen molar-refractivity contribution in [2.45, 2.75) is 31.3 Å². The van der Waals surface area contributed by atoms with Gasteiger partial charge < -0.3 is 4.74 Å². The average molecular weight is 286 g/mol. The maximum Gasteiger partial charge on any atom is 0.335 e. The van der Waals surface area contributed by atoms with Crippen LogP contribution in [0.3, 0.4) is 0 Å². The fourth-order valence-electron chi connectivity index (χ4n) is 2.70. The Morgan fingerprint density at radius 2 is 2.44 bits per heavy atom. The molecule has 0 aromatic rings. The molecule has 0 unspecified atom stereocenters. The summed E-state index contributed by atoms with van der Waals surface area (Å²) < 4.78 is 5.79. The summed E-state index contributed by atoms with van der Waals surface area (Å²) in [7, 11) is 1.44. The molecule has 2 atom stereocenters. The number of ether oxygens (including phenoxy) is 1. The second kappa shape index (κ2) is 4.72. The van der Waals surface area contributed by atoms with Crippen molar-refractivity contribution < 1.29 is 9.53 Å². The minimum Gasteiger partial charge on any atom is -0.466 e. The zero-order valence-electron chi connectivity index (χ0n) is 9.41. The van der Waals surface area contributed by atoms with Crippen LogP contribution in [0.2, 0.25) is 0 Å². The number of hydrogen-bond acceptors (Lipinski definition) is 3. The largest absolute Gasteiger partial charge is 0.466 e. The summed E-state index contributed by atoms with van der Waals surface area (Å²) in [6.07, 6.45) is 5.19. The van der Waals surface area contributed by atoms with E-state index in [-0.39, 0.29) is 12.0 Å². The van der Waals surface area contributed by atoms with Gasteiger partial charge in [0.1, 0.15) is 0 Å². The number of carbonyl (C=O) groups excluding carboxylic acids is 1. The first-order valence-electron chi connectivity index (χ1n) is 5.51. The normalized spacial score (nSPS) is 28.8. The Morgan fingerprint density at radius 3 is 3.06 bits per heavy atom. The Balaban J connectivity index is 2.17. The van der Waals surface area contributed by atoms with Crippen LogP contribution in [0.15, 0.2) is 22.7 Å². The minimum atomic E-state index is -0.185. The van der Waals surface area contributed by atoms with Crippen molar-refractivity contribution in [2.75, 3.05) is 13.7 Å². The summed E-state index contributed by atoms with van der Waals surface area (Å²) in [5, 5.41) is 0. The van der Waals surface area contributed by atoms with E-state index in [1.807, 2.05) is 6.08 Å². The van der Waals surface area contributed by atoms with Gasteiger partial charge in [0.15, 0.2) is 0 Å². The molecule has 0 aliphatic carbocycles. The van der Waals surface area contributed by atoms with Gasteiger partial charge >= 0.3 is 5.97 Å². The number of methoxy groups -OCH3 is 1. The van der Waals surface area contributed by atoms with Crippen LogP contribution in [0, 0.1) is 0 Å². The molecule has 4 heteroatoms. The molecule has 2 bridgehead atoms. The summed E-state index contributed by atoms with van der Waals surface area (Å²) in [6, 6.07) is 0.785. The Kier molecular flexibility index (Phi) is 3.50. The van der Waals surface area contributed by atoms with Crippen LogP contribution in [-0.4, -0.2) is 36.6 Å². The number of hydrogen-bond donors (Lipinski definition) is 0. The Bertz CT molecular complexity index is 351. The van der Waals surface area contributed by atoms with Crippen LogP contribution < -0.4 is 0 Å². The van der Waals surface area contributed by atoms with Crippen molar-refractivity contribution in [1.29, 1.82) is 0 Å². The predicted molar refractivity (Wildman–Crippen MR) is 66.3 cm³/mol. The summed E-state index contributed by atoms with van der Waals surface area (Å²) in [6.45, 7) is 4.68. The first kappa shape index (κ1) is 11.9. The molecular formula is C12H16BrNO2. The lowest BCUT2D eigenvalue weighted by molar-refractivity contribution is -0.137. The molecule has 88 valence electrons. The third kappa shape index (κ3) is 2.09. The maximum atomic E-state index is 11.6. The smallest absolute Gasteiger partial charge is 0.335 e. The number of nitrogens with zero attached hydrogens (tertiary/aromatic N) is 1. The molecule has 2 heterocycles. The highest BCUT2D eigenvalue weighted by Crippen LogP contribution is 2.36. The average Bonchev–Trinajstić information content (AvgIpc) is 2.51. The molecule has 2 rings (SSSR count). The molecule has 0 amide bonds. The quantitative estimate of drug-likeness (QED) is 0.745. The van der Waals surface area contributed by atoms with E-state index in [2.05, 4.69) is 27.4 Å². The van der Waals surface area contributed by atoms with E-state index in [9.17, 15) is 4.79 Å². The number of rotatable bonds is 3. The van der Waals surface area contributed by atoms with E-state index in [0.717, 1.165) is 35.9 Å². The van der Waals surface area contributed by atoms with Crippen molar-refractivity contribution in [2.24, 2.45) is 0 Å². The van der Waals surface area contributed by atoms with Crippen LogP contribution in [0.1, 0.15) is 19.3 Å². The molecule has 1 fully saturated rings. The SMILES string of the molecule is C=C(Br)CN1[C@@H]2CC=C(C(=O)OC)[C@H]1CC2. The zero-order valence-corrected chi connectivity index (χ0v) is 11.0. The van der Waals surface area contributed by atoms with E-state index in [1.54, 1.807) is 0 Å². The maximum absolute atomic E-state index is 11.6. The molecule has 3 nitrogen and oxygen atoms in total. The Morgan fingerprint density at radius 1 is 1.69 bits per heavy atom. The standard InChI is InChI=1S/C12H16BrNO2/c1-8(13)7-14-9-3-5-10(12(15)16-2)11(14)6-4-9/h5,9,11H,1,3-4,6-7H2,2H3/t9-,11-/m1/s1. The van der Waals surface area contributed by atoms with E-state index in [1.165, 1.54) is 7.11 Å². The van der Waals surface area contributed by atoms with Gasteiger partial charge in [0, 0.05) is 23.1 Å². The van der Waals surface area contributed by atoms with Crippen molar-refractivity contribution in [3.63, 3.8) is 0 Å². The lowest BCUT2D eigenvalue weighted by atomic mass is 10.0. The number of carbonyl (C=O) groups is 1. The van der Waals surface area contributed by atoms with Gasteiger partial charge in [-0.3, -0.25) is 4.90 Å². The van der Waals surface area contributed by atoms with Crippen molar-refractivity contribution in [3.8, 4) is 0 Å². The first-order valence-corrected chi connectivity index (χ1v) is 6.30. The van der Waals surface area contributed by atoms with E-state index in [4.69, 9.17) is 4.74 Å². The van der Waals surface area contributed by atoms with Crippen LogP contribution in [0.5, 0.6) is 0 Å². The molecule has 2 aliphatic rings. The molecule has 2 aliphatic heterocycles. The van der Waals surface area contributed by atoms with Gasteiger partial charge in [-0.2, -0.15) is 0 Å². The van der Waals surface area contributed by atoms with Gasteiger partial charge in [0.2, 0.25) is 0 Å². The van der Waals surface area contributed by atoms with Crippen molar-refractivity contribution >= 4 is 21.9 Å². The molecule has 0 saturated carbocycles. The third-order valence-electron chi connectivity index (χ3n) is 3.39. The fraction of sp³-hybridized carbons (Fsp3) is 0.583. The van der Waals surface area contributed by atoms with Crippen molar-refractivity contribution in [3.05, 3.63) is 22.7 Å². The van der Waals surface area contributed by atoms with Gasteiger partial charge in [0.05, 0.1) is 12.7 Å². The highest BCUT2D eigenvalue weighted by atomic mass is 79.9. The summed E-state index contributed by atoms with van der Waals surface area (Å²) >= 11 is 3.39. The van der Waals surface area contributed by atoms with E-state index < -0.39 is 0 Å². The highest BCUT2D eigenvalue weighted by Gasteiger charge is 2.40. The van der Waals surface area contributed by atoms with Crippen LogP contribution in [0.4, 0.5) is 0 Å². The molecule has 0 N–H and O–H groups in total. The first-order chi connectivity index (χ1) is 7.63.